The smallest absolute Gasteiger partial charge is 0.252 e. The summed E-state index contributed by atoms with van der Waals surface area (Å²) in [4.78, 5) is 26.6. The number of piperazine rings is 1. The van der Waals surface area contributed by atoms with Gasteiger partial charge in [0.05, 0.1) is 5.69 Å². The number of hydrogen-bond donors (Lipinski definition) is 1. The van der Waals surface area contributed by atoms with Crippen molar-refractivity contribution in [2.75, 3.05) is 4.90 Å². The largest absolute Gasteiger partial charge is 0.340 e. The fraction of sp³-hybridized carbons (Fsp3) is 0.467. The Labute approximate surface area is 131 Å². The summed E-state index contributed by atoms with van der Waals surface area (Å²) < 4.78 is 13.7. The summed E-state index contributed by atoms with van der Waals surface area (Å²) in [7, 11) is 0. The Morgan fingerprint density at radius 1 is 1.33 bits per heavy atom. The summed E-state index contributed by atoms with van der Waals surface area (Å²) in [6.45, 7) is 7.07. The lowest BCUT2D eigenvalue weighted by molar-refractivity contribution is -0.138. The van der Waals surface area contributed by atoms with Crippen molar-refractivity contribution in [2.45, 2.75) is 39.3 Å². The van der Waals surface area contributed by atoms with E-state index in [2.05, 4.69) is 21.2 Å². The predicted octanol–water partition coefficient (Wildman–Crippen LogP) is 2.85. The summed E-state index contributed by atoms with van der Waals surface area (Å²) in [5.41, 5.74) is -0.487. The van der Waals surface area contributed by atoms with Gasteiger partial charge in [-0.15, -0.1) is 0 Å². The SMILES string of the molecule is CC(C)C1C(=O)NC(C)(C)C(=O)N1c1ccc(F)cc1Br. The first-order valence-electron chi connectivity index (χ1n) is 6.76. The van der Waals surface area contributed by atoms with Crippen LogP contribution in [0.1, 0.15) is 27.7 Å². The molecule has 1 aromatic carbocycles. The standard InChI is InChI=1S/C15H18BrFN2O2/c1-8(2)12-13(20)18-15(3,4)14(21)19(12)11-6-5-9(17)7-10(11)16/h5-8,12H,1-4H3,(H,18,20). The van der Waals surface area contributed by atoms with Crippen molar-refractivity contribution in [1.82, 2.24) is 5.32 Å². The molecule has 1 heterocycles. The van der Waals surface area contributed by atoms with Gasteiger partial charge in [-0.1, -0.05) is 13.8 Å². The number of nitrogens with one attached hydrogen (secondary N) is 1. The van der Waals surface area contributed by atoms with Crippen LogP contribution in [0.15, 0.2) is 22.7 Å². The molecular weight excluding hydrogens is 339 g/mol. The van der Waals surface area contributed by atoms with Gasteiger partial charge >= 0.3 is 0 Å². The molecule has 1 fully saturated rings. The van der Waals surface area contributed by atoms with Crippen molar-refractivity contribution in [3.05, 3.63) is 28.5 Å². The van der Waals surface area contributed by atoms with Crippen LogP contribution in [0.2, 0.25) is 0 Å². The molecule has 0 bridgehead atoms. The molecule has 21 heavy (non-hydrogen) atoms. The number of rotatable bonds is 2. The first kappa shape index (κ1) is 15.9. The van der Waals surface area contributed by atoms with Crippen LogP contribution in [0.4, 0.5) is 10.1 Å². The lowest BCUT2D eigenvalue weighted by atomic mass is 9.91. The van der Waals surface area contributed by atoms with Gasteiger partial charge in [0.2, 0.25) is 5.91 Å². The van der Waals surface area contributed by atoms with E-state index in [0.717, 1.165) is 0 Å². The van der Waals surface area contributed by atoms with E-state index in [9.17, 15) is 14.0 Å². The van der Waals surface area contributed by atoms with Gasteiger partial charge in [-0.25, -0.2) is 4.39 Å². The van der Waals surface area contributed by atoms with E-state index < -0.39 is 17.4 Å². The molecule has 1 unspecified atom stereocenters. The number of carbonyl (C=O) groups excluding carboxylic acids is 2. The molecule has 0 aromatic heterocycles. The maximum Gasteiger partial charge on any atom is 0.252 e. The second kappa shape index (κ2) is 5.40. The van der Waals surface area contributed by atoms with E-state index >= 15 is 0 Å². The summed E-state index contributed by atoms with van der Waals surface area (Å²) in [6.07, 6.45) is 0. The second-order valence-corrected chi connectivity index (χ2v) is 6.93. The summed E-state index contributed by atoms with van der Waals surface area (Å²) in [5.74, 6) is -0.888. The Balaban J connectivity index is 2.58. The molecule has 6 heteroatoms. The van der Waals surface area contributed by atoms with Crippen molar-refractivity contribution >= 4 is 33.4 Å². The molecular formula is C15H18BrFN2O2. The Hall–Kier alpha value is -1.43. The molecule has 1 aliphatic heterocycles. The van der Waals surface area contributed by atoms with Crippen molar-refractivity contribution in [2.24, 2.45) is 5.92 Å². The fourth-order valence-electron chi connectivity index (χ4n) is 2.52. The number of nitrogens with zero attached hydrogens (tertiary/aromatic N) is 1. The van der Waals surface area contributed by atoms with Crippen LogP contribution in [0, 0.1) is 11.7 Å². The third kappa shape index (κ3) is 2.81. The van der Waals surface area contributed by atoms with Crippen molar-refractivity contribution in [1.29, 1.82) is 0 Å². The monoisotopic (exact) mass is 356 g/mol. The number of carbonyl (C=O) groups is 2. The van der Waals surface area contributed by atoms with Crippen LogP contribution in [0.3, 0.4) is 0 Å². The highest BCUT2D eigenvalue weighted by Crippen LogP contribution is 2.34. The minimum atomic E-state index is -0.990. The lowest BCUT2D eigenvalue weighted by Crippen LogP contribution is -2.69. The average molecular weight is 357 g/mol. The highest BCUT2D eigenvalue weighted by Gasteiger charge is 2.47. The van der Waals surface area contributed by atoms with Gasteiger partial charge < -0.3 is 5.32 Å². The van der Waals surface area contributed by atoms with Gasteiger partial charge in [-0.2, -0.15) is 0 Å². The quantitative estimate of drug-likeness (QED) is 0.885. The van der Waals surface area contributed by atoms with Gasteiger partial charge in [0.15, 0.2) is 0 Å². The van der Waals surface area contributed by atoms with Crippen LogP contribution in [0.5, 0.6) is 0 Å². The fourth-order valence-corrected chi connectivity index (χ4v) is 3.06. The zero-order valence-electron chi connectivity index (χ0n) is 12.4. The molecule has 114 valence electrons. The van der Waals surface area contributed by atoms with Crippen LogP contribution < -0.4 is 10.2 Å². The number of hydrogen-bond acceptors (Lipinski definition) is 2. The molecule has 1 atom stereocenters. The first-order valence-corrected chi connectivity index (χ1v) is 7.55. The third-order valence-electron chi connectivity index (χ3n) is 3.54. The lowest BCUT2D eigenvalue weighted by Gasteiger charge is -2.44. The van der Waals surface area contributed by atoms with Gasteiger partial charge in [-0.05, 0) is 53.9 Å². The average Bonchev–Trinajstić information content (AvgIpc) is 2.33. The molecule has 0 spiro atoms. The second-order valence-electron chi connectivity index (χ2n) is 6.07. The van der Waals surface area contributed by atoms with Crippen LogP contribution >= 0.6 is 15.9 Å². The van der Waals surface area contributed by atoms with E-state index in [1.54, 1.807) is 13.8 Å². The van der Waals surface area contributed by atoms with Crippen LogP contribution in [-0.2, 0) is 9.59 Å². The van der Waals surface area contributed by atoms with Gasteiger partial charge in [0.1, 0.15) is 17.4 Å². The minimum absolute atomic E-state index is 0.0676. The van der Waals surface area contributed by atoms with E-state index in [-0.39, 0.29) is 17.7 Å². The number of amides is 2. The van der Waals surface area contributed by atoms with Gasteiger partial charge in [0.25, 0.3) is 5.91 Å². The zero-order chi connectivity index (χ0) is 15.9. The maximum absolute atomic E-state index is 13.3. The molecule has 0 radical (unpaired) electrons. The van der Waals surface area contributed by atoms with E-state index in [1.807, 2.05) is 13.8 Å². The molecule has 2 rings (SSSR count). The predicted molar refractivity (Wildman–Crippen MR) is 82.4 cm³/mol. The Morgan fingerprint density at radius 3 is 2.48 bits per heavy atom. The molecule has 1 saturated heterocycles. The number of benzene rings is 1. The highest BCUT2D eigenvalue weighted by atomic mass is 79.9. The highest BCUT2D eigenvalue weighted by molar-refractivity contribution is 9.10. The summed E-state index contributed by atoms with van der Waals surface area (Å²) in [5, 5.41) is 2.75. The normalized spacial score (nSPS) is 21.7. The van der Waals surface area contributed by atoms with Crippen LogP contribution in [0.25, 0.3) is 0 Å². The van der Waals surface area contributed by atoms with E-state index in [1.165, 1.54) is 23.1 Å². The van der Waals surface area contributed by atoms with Crippen molar-refractivity contribution < 1.29 is 14.0 Å². The Bertz CT molecular complexity index is 601. The third-order valence-corrected chi connectivity index (χ3v) is 4.17. The molecule has 1 aromatic rings. The molecule has 0 saturated carbocycles. The van der Waals surface area contributed by atoms with E-state index in [4.69, 9.17) is 0 Å². The summed E-state index contributed by atoms with van der Waals surface area (Å²) >= 11 is 3.28. The first-order chi connectivity index (χ1) is 9.65. The van der Waals surface area contributed by atoms with Crippen molar-refractivity contribution in [3.63, 3.8) is 0 Å². The van der Waals surface area contributed by atoms with Crippen LogP contribution in [-0.4, -0.2) is 23.4 Å². The van der Waals surface area contributed by atoms with Gasteiger partial charge in [-0.3, -0.25) is 14.5 Å². The molecule has 0 aliphatic carbocycles. The van der Waals surface area contributed by atoms with Crippen molar-refractivity contribution in [3.8, 4) is 0 Å². The molecule has 1 N–H and O–H groups in total. The number of anilines is 1. The molecule has 2 amide bonds. The Morgan fingerprint density at radius 2 is 1.95 bits per heavy atom. The van der Waals surface area contributed by atoms with Gasteiger partial charge in [0, 0.05) is 4.47 Å². The zero-order valence-corrected chi connectivity index (χ0v) is 14.0. The minimum Gasteiger partial charge on any atom is -0.340 e. The Kier molecular flexibility index (Phi) is 4.10. The summed E-state index contributed by atoms with van der Waals surface area (Å²) in [6, 6.07) is 3.47. The topological polar surface area (TPSA) is 49.4 Å². The molecule has 4 nitrogen and oxygen atoms in total. The van der Waals surface area contributed by atoms with E-state index in [0.29, 0.717) is 10.2 Å². The maximum atomic E-state index is 13.3. The number of halogens is 2. The molecule has 1 aliphatic rings.